The molecule has 1 atom stereocenters. The third kappa shape index (κ3) is 2.84. The van der Waals surface area contributed by atoms with Crippen LogP contribution in [0, 0.1) is 0 Å². The van der Waals surface area contributed by atoms with E-state index in [9.17, 15) is 22.8 Å². The van der Waals surface area contributed by atoms with Crippen LogP contribution in [-0.2, 0) is 9.59 Å². The minimum absolute atomic E-state index is 0.0750. The average Bonchev–Trinajstić information content (AvgIpc) is 2.42. The molecule has 7 heteroatoms. The summed E-state index contributed by atoms with van der Waals surface area (Å²) in [6.07, 6.45) is -5.29. The van der Waals surface area contributed by atoms with E-state index in [2.05, 4.69) is 0 Å². The van der Waals surface area contributed by atoms with E-state index in [1.807, 2.05) is 0 Å². The van der Waals surface area contributed by atoms with E-state index in [1.54, 1.807) is 0 Å². The second-order valence-electron chi connectivity index (χ2n) is 3.36. The van der Waals surface area contributed by atoms with Gasteiger partial charge in [-0.3, -0.25) is 14.5 Å². The number of aliphatic carboxylic acids is 1. The summed E-state index contributed by atoms with van der Waals surface area (Å²) in [5.41, 5.74) is 0. The van der Waals surface area contributed by atoms with E-state index in [4.69, 9.17) is 5.11 Å². The van der Waals surface area contributed by atoms with Gasteiger partial charge >= 0.3 is 12.3 Å². The number of carboxylic acid groups (broad SMARTS) is 1. The number of carboxylic acids is 1. The molecule has 1 heterocycles. The van der Waals surface area contributed by atoms with E-state index < -0.39 is 24.2 Å². The van der Waals surface area contributed by atoms with Crippen molar-refractivity contribution in [3.05, 3.63) is 0 Å². The zero-order chi connectivity index (χ0) is 11.6. The van der Waals surface area contributed by atoms with E-state index >= 15 is 0 Å². The summed E-state index contributed by atoms with van der Waals surface area (Å²) < 4.78 is 37.0. The molecule has 1 aliphatic rings. The number of carbonyl (C=O) groups excluding carboxylic acids is 1. The average molecular weight is 225 g/mol. The summed E-state index contributed by atoms with van der Waals surface area (Å²) in [5, 5.41) is 8.34. The van der Waals surface area contributed by atoms with Crippen LogP contribution in [-0.4, -0.2) is 34.2 Å². The number of halogens is 3. The number of hydrogen-bond donors (Lipinski definition) is 1. The van der Waals surface area contributed by atoms with Gasteiger partial charge in [0.2, 0.25) is 5.91 Å². The Morgan fingerprint density at radius 3 is 2.60 bits per heavy atom. The van der Waals surface area contributed by atoms with Crippen LogP contribution in [0.4, 0.5) is 13.2 Å². The van der Waals surface area contributed by atoms with Gasteiger partial charge in [0.05, 0.1) is 0 Å². The first kappa shape index (κ1) is 11.8. The first-order chi connectivity index (χ1) is 6.82. The number of carbonyl (C=O) groups is 2. The first-order valence-corrected chi connectivity index (χ1v) is 4.43. The highest BCUT2D eigenvalue weighted by molar-refractivity contribution is 5.79. The number of nitrogens with zero attached hydrogens (tertiary/aromatic N) is 1. The number of hydrogen-bond acceptors (Lipinski definition) is 2. The Hall–Kier alpha value is -1.27. The monoisotopic (exact) mass is 225 g/mol. The lowest BCUT2D eigenvalue weighted by atomic mass is 10.1. The molecule has 1 amide bonds. The maximum absolute atomic E-state index is 12.3. The molecule has 1 N–H and O–H groups in total. The van der Waals surface area contributed by atoms with Gasteiger partial charge in [-0.25, -0.2) is 0 Å². The second kappa shape index (κ2) is 4.08. The fourth-order valence-corrected chi connectivity index (χ4v) is 1.66. The molecule has 4 nitrogen and oxygen atoms in total. The molecule has 0 bridgehead atoms. The Morgan fingerprint density at radius 1 is 1.53 bits per heavy atom. The molecule has 0 aromatic rings. The fraction of sp³-hybridized carbons (Fsp3) is 0.750. The third-order valence-electron chi connectivity index (χ3n) is 2.29. The summed E-state index contributed by atoms with van der Waals surface area (Å²) in [6, 6.07) is -1.02. The van der Waals surface area contributed by atoms with Gasteiger partial charge in [-0.15, -0.1) is 13.2 Å². The van der Waals surface area contributed by atoms with Crippen LogP contribution < -0.4 is 0 Å². The van der Waals surface area contributed by atoms with Gasteiger partial charge in [0.25, 0.3) is 0 Å². The summed E-state index contributed by atoms with van der Waals surface area (Å²) in [4.78, 5) is 21.0. The summed E-state index contributed by atoms with van der Waals surface area (Å²) >= 11 is 0. The number of alkyl halides is 3. The molecule has 0 saturated carbocycles. The van der Waals surface area contributed by atoms with Crippen molar-refractivity contribution in [2.24, 2.45) is 0 Å². The van der Waals surface area contributed by atoms with Crippen LogP contribution >= 0.6 is 0 Å². The second-order valence-corrected chi connectivity index (χ2v) is 3.36. The van der Waals surface area contributed by atoms with Crippen LogP contribution in [0.25, 0.3) is 0 Å². The van der Waals surface area contributed by atoms with Gasteiger partial charge in [-0.1, -0.05) is 0 Å². The summed E-state index contributed by atoms with van der Waals surface area (Å²) in [5.74, 6) is -2.13. The number of amides is 1. The molecule has 1 aliphatic heterocycles. The van der Waals surface area contributed by atoms with Crippen molar-refractivity contribution < 1.29 is 27.9 Å². The van der Waals surface area contributed by atoms with Gasteiger partial charge in [0, 0.05) is 18.9 Å². The molecule has 1 saturated heterocycles. The molecule has 1 fully saturated rings. The van der Waals surface area contributed by atoms with Gasteiger partial charge in [0.15, 0.2) is 0 Å². The fourth-order valence-electron chi connectivity index (χ4n) is 1.66. The zero-order valence-electron chi connectivity index (χ0n) is 7.75. The summed E-state index contributed by atoms with van der Waals surface area (Å²) in [6.45, 7) is 0. The van der Waals surface area contributed by atoms with Gasteiger partial charge in [0.1, 0.15) is 0 Å². The van der Waals surface area contributed by atoms with Gasteiger partial charge in [-0.2, -0.15) is 0 Å². The SMILES string of the molecule is O=C(O)CCC1CCC(=O)N1C(F)(F)F. The molecule has 86 valence electrons. The zero-order valence-corrected chi connectivity index (χ0v) is 7.75. The number of likely N-dealkylation sites (tertiary alicyclic amines) is 1. The van der Waals surface area contributed by atoms with E-state index in [1.165, 1.54) is 0 Å². The predicted octanol–water partition coefficient (Wildman–Crippen LogP) is 1.36. The van der Waals surface area contributed by atoms with Gasteiger partial charge < -0.3 is 5.11 Å². The molecule has 15 heavy (non-hydrogen) atoms. The Balaban J connectivity index is 2.64. The summed E-state index contributed by atoms with van der Waals surface area (Å²) in [7, 11) is 0. The standard InChI is InChI=1S/C8H10F3NO3/c9-8(10,11)12-5(1-3-6(12)13)2-4-7(14)15/h5H,1-4H2,(H,14,15). The molecule has 0 radical (unpaired) electrons. The van der Waals surface area contributed by atoms with E-state index in [0.717, 1.165) is 0 Å². The molecule has 1 unspecified atom stereocenters. The van der Waals surface area contributed by atoms with E-state index in [-0.39, 0.29) is 30.6 Å². The lowest BCUT2D eigenvalue weighted by Crippen LogP contribution is -2.44. The largest absolute Gasteiger partial charge is 0.487 e. The minimum atomic E-state index is -4.70. The first-order valence-electron chi connectivity index (χ1n) is 4.43. The predicted molar refractivity (Wildman–Crippen MR) is 42.8 cm³/mol. The van der Waals surface area contributed by atoms with Gasteiger partial charge in [-0.05, 0) is 12.8 Å². The molecule has 0 aliphatic carbocycles. The van der Waals surface area contributed by atoms with Crippen molar-refractivity contribution in [2.45, 2.75) is 38.0 Å². The topological polar surface area (TPSA) is 57.6 Å². The van der Waals surface area contributed by atoms with Crippen LogP contribution in [0.1, 0.15) is 25.7 Å². The molecule has 1 rings (SSSR count). The molecule has 0 spiro atoms. The Morgan fingerprint density at radius 2 is 2.13 bits per heavy atom. The van der Waals surface area contributed by atoms with E-state index in [0.29, 0.717) is 0 Å². The van der Waals surface area contributed by atoms with Crippen molar-refractivity contribution in [3.63, 3.8) is 0 Å². The molecule has 0 aromatic heterocycles. The highest BCUT2D eigenvalue weighted by atomic mass is 19.4. The Kier molecular flexibility index (Phi) is 3.21. The molecular weight excluding hydrogens is 215 g/mol. The quantitative estimate of drug-likeness (QED) is 0.738. The van der Waals surface area contributed by atoms with Crippen LogP contribution in [0.2, 0.25) is 0 Å². The maximum atomic E-state index is 12.3. The van der Waals surface area contributed by atoms with Crippen LogP contribution in [0.5, 0.6) is 0 Å². The lowest BCUT2D eigenvalue weighted by Gasteiger charge is -2.26. The highest BCUT2D eigenvalue weighted by Gasteiger charge is 2.48. The molecular formula is C8H10F3NO3. The lowest BCUT2D eigenvalue weighted by molar-refractivity contribution is -0.245. The third-order valence-corrected chi connectivity index (χ3v) is 2.29. The minimum Gasteiger partial charge on any atom is -0.481 e. The van der Waals surface area contributed by atoms with Crippen LogP contribution in [0.3, 0.4) is 0 Å². The Bertz CT molecular complexity index is 277. The highest BCUT2D eigenvalue weighted by Crippen LogP contribution is 2.33. The van der Waals surface area contributed by atoms with Crippen molar-refractivity contribution >= 4 is 11.9 Å². The van der Waals surface area contributed by atoms with Crippen molar-refractivity contribution in [1.29, 1.82) is 0 Å². The maximum Gasteiger partial charge on any atom is 0.487 e. The normalized spacial score (nSPS) is 22.2. The van der Waals surface area contributed by atoms with Crippen molar-refractivity contribution in [1.82, 2.24) is 4.90 Å². The Labute approximate surface area is 83.7 Å². The van der Waals surface area contributed by atoms with Crippen LogP contribution in [0.15, 0.2) is 0 Å². The number of rotatable bonds is 3. The molecule has 0 aromatic carbocycles. The van der Waals surface area contributed by atoms with Crippen molar-refractivity contribution in [2.75, 3.05) is 0 Å². The smallest absolute Gasteiger partial charge is 0.481 e. The van der Waals surface area contributed by atoms with Crippen molar-refractivity contribution in [3.8, 4) is 0 Å².